The maximum Gasteiger partial charge on any atom is 0.0587 e. The van der Waals surface area contributed by atoms with Crippen molar-refractivity contribution in [1.82, 2.24) is 0 Å². The molecular formula is C13H15BrOS. The molecule has 2 aromatic rings. The van der Waals surface area contributed by atoms with Crippen LogP contribution in [0.5, 0.6) is 0 Å². The number of halogens is 1. The first-order valence-electron chi connectivity index (χ1n) is 5.39. The molecule has 0 N–H and O–H groups in total. The molecule has 0 spiro atoms. The van der Waals surface area contributed by atoms with Crippen molar-refractivity contribution in [3.05, 3.63) is 35.2 Å². The third kappa shape index (κ3) is 2.84. The molecule has 0 fully saturated rings. The summed E-state index contributed by atoms with van der Waals surface area (Å²) in [5.74, 6) is 0. The quantitative estimate of drug-likeness (QED) is 0.750. The van der Waals surface area contributed by atoms with Crippen molar-refractivity contribution in [3.8, 4) is 0 Å². The fourth-order valence-electron chi connectivity index (χ4n) is 1.80. The van der Waals surface area contributed by atoms with Gasteiger partial charge in [-0.05, 0) is 35.2 Å². The molecule has 1 atom stereocenters. The highest BCUT2D eigenvalue weighted by Crippen LogP contribution is 2.27. The van der Waals surface area contributed by atoms with Gasteiger partial charge in [-0.3, -0.25) is 0 Å². The van der Waals surface area contributed by atoms with E-state index in [0.717, 1.165) is 19.4 Å². The summed E-state index contributed by atoms with van der Waals surface area (Å²) in [7, 11) is 1.74. The molecule has 0 radical (unpaired) electrons. The molecule has 2 rings (SSSR count). The molecule has 0 aliphatic rings. The Hall–Kier alpha value is -0.380. The third-order valence-electron chi connectivity index (χ3n) is 2.64. The van der Waals surface area contributed by atoms with E-state index in [1.54, 1.807) is 7.11 Å². The summed E-state index contributed by atoms with van der Waals surface area (Å²) in [5.41, 5.74) is 1.46. The number of methoxy groups -OCH3 is 1. The minimum atomic E-state index is 0.455. The van der Waals surface area contributed by atoms with Crippen LogP contribution in [0.1, 0.15) is 12.0 Å². The van der Waals surface area contributed by atoms with Gasteiger partial charge >= 0.3 is 0 Å². The summed E-state index contributed by atoms with van der Waals surface area (Å²) in [5, 5.41) is 3.68. The van der Waals surface area contributed by atoms with Crippen molar-refractivity contribution in [2.75, 3.05) is 13.7 Å². The predicted octanol–water partition coefficient (Wildman–Crippen LogP) is 4.24. The highest BCUT2D eigenvalue weighted by Gasteiger charge is 2.07. The van der Waals surface area contributed by atoms with Gasteiger partial charge in [0.25, 0.3) is 0 Å². The van der Waals surface area contributed by atoms with Crippen LogP contribution in [0.25, 0.3) is 10.1 Å². The van der Waals surface area contributed by atoms with Gasteiger partial charge in [0.2, 0.25) is 0 Å². The molecule has 16 heavy (non-hydrogen) atoms. The number of aryl methyl sites for hydroxylation is 1. The molecule has 1 aromatic carbocycles. The SMILES string of the molecule is COCC(Br)CCc1csc2ccccc12. The maximum absolute atomic E-state index is 5.12. The number of rotatable bonds is 5. The molecule has 0 saturated heterocycles. The average Bonchev–Trinajstić information content (AvgIpc) is 2.70. The van der Waals surface area contributed by atoms with Gasteiger partial charge in [-0.2, -0.15) is 0 Å². The molecule has 1 aromatic heterocycles. The van der Waals surface area contributed by atoms with E-state index in [1.165, 1.54) is 15.6 Å². The number of benzene rings is 1. The van der Waals surface area contributed by atoms with Crippen LogP contribution in [0, 0.1) is 0 Å². The van der Waals surface area contributed by atoms with Crippen molar-refractivity contribution in [3.63, 3.8) is 0 Å². The third-order valence-corrected chi connectivity index (χ3v) is 4.37. The van der Waals surface area contributed by atoms with E-state index in [2.05, 4.69) is 45.6 Å². The van der Waals surface area contributed by atoms with E-state index >= 15 is 0 Å². The fourth-order valence-corrected chi connectivity index (χ4v) is 3.29. The maximum atomic E-state index is 5.12. The van der Waals surface area contributed by atoms with Gasteiger partial charge < -0.3 is 4.74 Å². The Morgan fingerprint density at radius 2 is 2.19 bits per heavy atom. The Morgan fingerprint density at radius 1 is 1.38 bits per heavy atom. The summed E-state index contributed by atoms with van der Waals surface area (Å²) in [6.45, 7) is 0.780. The van der Waals surface area contributed by atoms with Crippen LogP contribution in [0.15, 0.2) is 29.6 Å². The van der Waals surface area contributed by atoms with Gasteiger partial charge in [0.1, 0.15) is 0 Å². The van der Waals surface area contributed by atoms with Crippen LogP contribution < -0.4 is 0 Å². The van der Waals surface area contributed by atoms with Crippen molar-refractivity contribution in [2.24, 2.45) is 0 Å². The highest BCUT2D eigenvalue weighted by molar-refractivity contribution is 9.09. The van der Waals surface area contributed by atoms with Gasteiger partial charge in [-0.1, -0.05) is 34.1 Å². The number of thiophene rings is 1. The van der Waals surface area contributed by atoms with Gasteiger partial charge in [0, 0.05) is 16.6 Å². The first kappa shape index (κ1) is 12.1. The monoisotopic (exact) mass is 298 g/mol. The second kappa shape index (κ2) is 5.80. The van der Waals surface area contributed by atoms with Gasteiger partial charge in [0.15, 0.2) is 0 Å². The molecule has 3 heteroatoms. The van der Waals surface area contributed by atoms with Crippen LogP contribution in [0.4, 0.5) is 0 Å². The Bertz CT molecular complexity index is 452. The lowest BCUT2D eigenvalue weighted by atomic mass is 10.1. The minimum absolute atomic E-state index is 0.455. The zero-order valence-electron chi connectivity index (χ0n) is 9.28. The van der Waals surface area contributed by atoms with Crippen LogP contribution in [0.2, 0.25) is 0 Å². The van der Waals surface area contributed by atoms with Crippen molar-refractivity contribution in [1.29, 1.82) is 0 Å². The topological polar surface area (TPSA) is 9.23 Å². The van der Waals surface area contributed by atoms with E-state index in [4.69, 9.17) is 4.74 Å². The summed E-state index contributed by atoms with van der Waals surface area (Å²) in [4.78, 5) is 0.455. The lowest BCUT2D eigenvalue weighted by Crippen LogP contribution is -2.07. The van der Waals surface area contributed by atoms with E-state index < -0.39 is 0 Å². The fraction of sp³-hybridized carbons (Fsp3) is 0.385. The van der Waals surface area contributed by atoms with Gasteiger partial charge in [-0.25, -0.2) is 0 Å². The van der Waals surface area contributed by atoms with Crippen LogP contribution >= 0.6 is 27.3 Å². The Balaban J connectivity index is 2.04. The highest BCUT2D eigenvalue weighted by atomic mass is 79.9. The van der Waals surface area contributed by atoms with Gasteiger partial charge in [0.05, 0.1) is 6.61 Å². The van der Waals surface area contributed by atoms with Gasteiger partial charge in [-0.15, -0.1) is 11.3 Å². The summed E-state index contributed by atoms with van der Waals surface area (Å²) in [6, 6.07) is 8.60. The summed E-state index contributed by atoms with van der Waals surface area (Å²) in [6.07, 6.45) is 2.23. The molecule has 1 unspecified atom stereocenters. The second-order valence-corrected chi connectivity index (χ2v) is 6.05. The van der Waals surface area contributed by atoms with Crippen LogP contribution in [-0.4, -0.2) is 18.5 Å². The minimum Gasteiger partial charge on any atom is -0.384 e. The number of ether oxygens (including phenoxy) is 1. The largest absolute Gasteiger partial charge is 0.384 e. The number of hydrogen-bond donors (Lipinski definition) is 0. The Kier molecular flexibility index (Phi) is 4.38. The standard InChI is InChI=1S/C13H15BrOS/c1-15-8-11(14)7-6-10-9-16-13-5-3-2-4-12(10)13/h2-5,9,11H,6-8H2,1H3. The molecule has 1 heterocycles. The Labute approximate surface area is 109 Å². The smallest absolute Gasteiger partial charge is 0.0587 e. The zero-order valence-corrected chi connectivity index (χ0v) is 11.7. The normalized spacial score (nSPS) is 13.1. The molecule has 0 aliphatic carbocycles. The van der Waals surface area contributed by atoms with Crippen LogP contribution in [0.3, 0.4) is 0 Å². The lowest BCUT2D eigenvalue weighted by molar-refractivity contribution is 0.198. The van der Waals surface area contributed by atoms with Crippen molar-refractivity contribution < 1.29 is 4.74 Å². The number of fused-ring (bicyclic) bond motifs is 1. The summed E-state index contributed by atoms with van der Waals surface area (Å²) >= 11 is 5.46. The van der Waals surface area contributed by atoms with Crippen molar-refractivity contribution in [2.45, 2.75) is 17.7 Å². The number of alkyl halides is 1. The lowest BCUT2D eigenvalue weighted by Gasteiger charge is -2.07. The summed E-state index contributed by atoms with van der Waals surface area (Å²) < 4.78 is 6.50. The molecule has 0 amide bonds. The molecule has 0 aliphatic heterocycles. The van der Waals surface area contributed by atoms with Crippen LogP contribution in [-0.2, 0) is 11.2 Å². The molecular weight excluding hydrogens is 284 g/mol. The first-order chi connectivity index (χ1) is 7.81. The average molecular weight is 299 g/mol. The number of hydrogen-bond acceptors (Lipinski definition) is 2. The van der Waals surface area contributed by atoms with E-state index in [-0.39, 0.29) is 0 Å². The molecule has 0 bridgehead atoms. The second-order valence-electron chi connectivity index (χ2n) is 3.85. The predicted molar refractivity (Wildman–Crippen MR) is 74.7 cm³/mol. The molecule has 0 saturated carbocycles. The van der Waals surface area contributed by atoms with Crippen molar-refractivity contribution >= 4 is 37.4 Å². The Morgan fingerprint density at radius 3 is 3.00 bits per heavy atom. The zero-order chi connectivity index (χ0) is 11.4. The molecule has 86 valence electrons. The van der Waals surface area contributed by atoms with E-state index in [1.807, 2.05) is 11.3 Å². The van der Waals surface area contributed by atoms with E-state index in [0.29, 0.717) is 4.83 Å². The van der Waals surface area contributed by atoms with E-state index in [9.17, 15) is 0 Å². The molecule has 1 nitrogen and oxygen atoms in total. The first-order valence-corrected chi connectivity index (χ1v) is 7.19.